The van der Waals surface area contributed by atoms with Crippen LogP contribution in [0, 0.1) is 22.7 Å². The number of carbonyl (C=O) groups excluding carboxylic acids is 3. The smallest absolute Gasteiger partial charge is 0.328 e. The first-order valence-corrected chi connectivity index (χ1v) is 16.6. The van der Waals surface area contributed by atoms with Gasteiger partial charge in [0.25, 0.3) is 0 Å². The van der Waals surface area contributed by atoms with Crippen LogP contribution in [0.1, 0.15) is 64.0 Å². The Bertz CT molecular complexity index is 1680. The van der Waals surface area contributed by atoms with E-state index in [2.05, 4.69) is 31.1 Å². The number of benzene rings is 2. The fourth-order valence-electron chi connectivity index (χ4n) is 8.59. The maximum Gasteiger partial charge on any atom is 0.328 e. The predicted molar refractivity (Wildman–Crippen MR) is 173 cm³/mol. The van der Waals surface area contributed by atoms with Crippen LogP contribution in [0.5, 0.6) is 17.2 Å². The highest BCUT2D eigenvalue weighted by Gasteiger charge is 2.72. The van der Waals surface area contributed by atoms with Crippen LogP contribution in [-0.4, -0.2) is 79.4 Å². The third-order valence-electron chi connectivity index (χ3n) is 11.5. The molecule has 6 unspecified atom stereocenters. The molecule has 6 N–H and O–H groups in total. The van der Waals surface area contributed by atoms with Crippen molar-refractivity contribution in [1.82, 2.24) is 15.2 Å². The highest BCUT2D eigenvalue weighted by Crippen LogP contribution is 2.78. The van der Waals surface area contributed by atoms with Gasteiger partial charge in [-0.15, -0.1) is 0 Å². The number of H-pyrrole nitrogens is 1. The van der Waals surface area contributed by atoms with Crippen LogP contribution in [0.4, 0.5) is 0 Å². The van der Waals surface area contributed by atoms with Crippen molar-refractivity contribution >= 4 is 28.7 Å². The zero-order valence-electron chi connectivity index (χ0n) is 27.2. The number of nitrogens with zero attached hydrogens (tertiary/aromatic N) is 1. The lowest BCUT2D eigenvalue weighted by Crippen LogP contribution is -2.54. The number of aliphatic hydroxyl groups is 1. The lowest BCUT2D eigenvalue weighted by molar-refractivity contribution is -0.154. The van der Waals surface area contributed by atoms with Gasteiger partial charge in [-0.3, -0.25) is 9.59 Å². The average Bonchev–Trinajstić information content (AvgIpc) is 3.59. The van der Waals surface area contributed by atoms with E-state index in [-0.39, 0.29) is 30.1 Å². The molecule has 47 heavy (non-hydrogen) atoms. The average molecular weight is 648 g/mol. The Morgan fingerprint density at radius 1 is 1.04 bits per heavy atom. The standard InChI is InChI=1S/C36H45N3O8/c1-35(2)31-21(10-12-36(31,35)3)11-14-47-34(46)27-5-4-13-39(27)33(45)26(17-22-19-37-25-8-7-23(40)18-24(22)25)38-32(44)30(43)16-20-6-9-28(41)29(42)15-20/h6-9,15,18-19,21,26-27,30-31,37,40-43H,4-5,10-14,16-17H2,1-3H3,(H,38,44). The topological polar surface area (TPSA) is 172 Å². The third kappa shape index (κ3) is 6.13. The van der Waals surface area contributed by atoms with Crippen LogP contribution >= 0.6 is 0 Å². The number of fused-ring (bicyclic) bond motifs is 2. The third-order valence-corrected chi connectivity index (χ3v) is 11.5. The molecular weight excluding hydrogens is 602 g/mol. The molecule has 2 aliphatic carbocycles. The Hall–Kier alpha value is -4.25. The summed E-state index contributed by atoms with van der Waals surface area (Å²) in [6, 6.07) is 6.91. The number of nitrogens with one attached hydrogen (secondary N) is 2. The lowest BCUT2D eigenvalue weighted by Gasteiger charge is -2.29. The molecule has 252 valence electrons. The number of aromatic nitrogens is 1. The van der Waals surface area contributed by atoms with Crippen molar-refractivity contribution in [1.29, 1.82) is 0 Å². The molecule has 0 spiro atoms. The molecule has 1 aromatic heterocycles. The minimum atomic E-state index is -1.56. The minimum Gasteiger partial charge on any atom is -0.508 e. The summed E-state index contributed by atoms with van der Waals surface area (Å²) in [4.78, 5) is 45.3. The van der Waals surface area contributed by atoms with Gasteiger partial charge in [-0.05, 0) is 96.2 Å². The van der Waals surface area contributed by atoms with Crippen LogP contribution in [0.15, 0.2) is 42.6 Å². The van der Waals surface area contributed by atoms with E-state index in [0.29, 0.717) is 65.2 Å². The van der Waals surface area contributed by atoms with Crippen molar-refractivity contribution in [3.8, 4) is 17.2 Å². The minimum absolute atomic E-state index is 0.0383. The van der Waals surface area contributed by atoms with Crippen molar-refractivity contribution in [2.24, 2.45) is 22.7 Å². The van der Waals surface area contributed by atoms with Crippen LogP contribution < -0.4 is 5.32 Å². The van der Waals surface area contributed by atoms with Crippen molar-refractivity contribution in [3.05, 3.63) is 53.7 Å². The first-order chi connectivity index (χ1) is 22.3. The zero-order valence-corrected chi connectivity index (χ0v) is 27.2. The number of aromatic amines is 1. The summed E-state index contributed by atoms with van der Waals surface area (Å²) < 4.78 is 5.77. The molecule has 2 aromatic carbocycles. The molecule has 1 saturated heterocycles. The second kappa shape index (κ2) is 12.4. The molecule has 0 bridgehead atoms. The van der Waals surface area contributed by atoms with Crippen LogP contribution in [0.3, 0.4) is 0 Å². The van der Waals surface area contributed by atoms with Gasteiger partial charge in [-0.2, -0.15) is 0 Å². The maximum absolute atomic E-state index is 14.1. The van der Waals surface area contributed by atoms with E-state index in [1.54, 1.807) is 24.4 Å². The van der Waals surface area contributed by atoms with E-state index in [0.717, 1.165) is 18.4 Å². The summed E-state index contributed by atoms with van der Waals surface area (Å²) >= 11 is 0. The van der Waals surface area contributed by atoms with E-state index in [1.807, 2.05) is 0 Å². The fraction of sp³-hybridized carbons (Fsp3) is 0.528. The number of hydrogen-bond acceptors (Lipinski definition) is 8. The van der Waals surface area contributed by atoms with E-state index < -0.39 is 36.0 Å². The number of aliphatic hydroxyl groups excluding tert-OH is 1. The molecule has 3 fully saturated rings. The van der Waals surface area contributed by atoms with Gasteiger partial charge < -0.3 is 40.4 Å². The van der Waals surface area contributed by atoms with Crippen LogP contribution in [0.25, 0.3) is 10.9 Å². The monoisotopic (exact) mass is 647 g/mol. The first-order valence-electron chi connectivity index (χ1n) is 16.6. The van der Waals surface area contributed by atoms with Gasteiger partial charge >= 0.3 is 5.97 Å². The Morgan fingerprint density at radius 3 is 2.55 bits per heavy atom. The summed E-state index contributed by atoms with van der Waals surface area (Å²) in [5.41, 5.74) is 2.50. The molecule has 2 heterocycles. The lowest BCUT2D eigenvalue weighted by atomic mass is 9.88. The summed E-state index contributed by atoms with van der Waals surface area (Å²) in [5, 5.41) is 43.7. The summed E-state index contributed by atoms with van der Waals surface area (Å²) in [6.45, 7) is 7.64. The van der Waals surface area contributed by atoms with Gasteiger partial charge in [0, 0.05) is 36.5 Å². The first kappa shape index (κ1) is 32.7. The number of phenols is 3. The Balaban J connectivity index is 1.15. The van der Waals surface area contributed by atoms with E-state index in [1.165, 1.54) is 29.5 Å². The van der Waals surface area contributed by atoms with E-state index in [9.17, 15) is 34.8 Å². The molecule has 11 nitrogen and oxygen atoms in total. The van der Waals surface area contributed by atoms with Crippen molar-refractivity contribution < 1.29 is 39.5 Å². The summed E-state index contributed by atoms with van der Waals surface area (Å²) in [7, 11) is 0. The van der Waals surface area contributed by atoms with Crippen LogP contribution in [-0.2, 0) is 32.0 Å². The SMILES string of the molecule is CC1(C)C2C(CCOC(=O)C3CCCN3C(=O)C(Cc3c[nH]c4ccc(O)cc34)NC(=O)C(O)Cc3ccc(O)c(O)c3)CCC21C. The summed E-state index contributed by atoms with van der Waals surface area (Å²) in [6.07, 6.45) is 4.22. The number of likely N-dealkylation sites (tertiary alicyclic amines) is 1. The zero-order chi connectivity index (χ0) is 33.7. The molecule has 2 amide bonds. The Morgan fingerprint density at radius 2 is 1.83 bits per heavy atom. The number of esters is 1. The van der Waals surface area contributed by atoms with Gasteiger partial charge in [-0.1, -0.05) is 26.8 Å². The number of hydrogen-bond donors (Lipinski definition) is 6. The van der Waals surface area contributed by atoms with Gasteiger partial charge in [-0.25, -0.2) is 4.79 Å². The largest absolute Gasteiger partial charge is 0.508 e. The quantitative estimate of drug-likeness (QED) is 0.134. The number of amides is 2. The van der Waals surface area contributed by atoms with Gasteiger partial charge in [0.2, 0.25) is 11.8 Å². The van der Waals surface area contributed by atoms with Gasteiger partial charge in [0.05, 0.1) is 6.61 Å². The molecule has 11 heteroatoms. The predicted octanol–water partition coefficient (Wildman–Crippen LogP) is 3.91. The number of phenolic OH excluding ortho intramolecular Hbond substituents is 3. The second-order valence-corrected chi connectivity index (χ2v) is 14.4. The molecule has 6 atom stereocenters. The molecule has 1 aliphatic heterocycles. The molecule has 3 aromatic rings. The van der Waals surface area contributed by atoms with Gasteiger partial charge in [0.15, 0.2) is 11.5 Å². The van der Waals surface area contributed by atoms with Gasteiger partial charge in [0.1, 0.15) is 23.9 Å². The number of carbonyl (C=O) groups is 3. The molecular formula is C36H45N3O8. The van der Waals surface area contributed by atoms with E-state index >= 15 is 0 Å². The number of aromatic hydroxyl groups is 3. The molecule has 6 rings (SSSR count). The Kier molecular flexibility index (Phi) is 8.63. The number of rotatable bonds is 11. The summed E-state index contributed by atoms with van der Waals surface area (Å²) in [5.74, 6) is -1.20. The van der Waals surface area contributed by atoms with Crippen LogP contribution in [0.2, 0.25) is 0 Å². The van der Waals surface area contributed by atoms with Crippen molar-refractivity contribution in [3.63, 3.8) is 0 Å². The van der Waals surface area contributed by atoms with E-state index in [4.69, 9.17) is 4.74 Å². The number of ether oxygens (including phenoxy) is 1. The Labute approximate surface area is 273 Å². The highest BCUT2D eigenvalue weighted by molar-refractivity contribution is 5.93. The normalized spacial score (nSPS) is 25.7. The molecule has 0 radical (unpaired) electrons. The molecule has 2 saturated carbocycles. The maximum atomic E-state index is 14.1. The second-order valence-electron chi connectivity index (χ2n) is 14.4. The molecule has 3 aliphatic rings. The highest BCUT2D eigenvalue weighted by atomic mass is 16.5. The fourth-order valence-corrected chi connectivity index (χ4v) is 8.59. The van der Waals surface area contributed by atoms with Crippen molar-refractivity contribution in [2.45, 2.75) is 83.9 Å². The van der Waals surface area contributed by atoms with Crippen molar-refractivity contribution in [2.75, 3.05) is 13.2 Å².